The lowest BCUT2D eigenvalue weighted by Gasteiger charge is -2.19. The predicted octanol–water partition coefficient (Wildman–Crippen LogP) is -0.334. The van der Waals surface area contributed by atoms with Crippen LogP contribution in [0.2, 0.25) is 0 Å². The van der Waals surface area contributed by atoms with Gasteiger partial charge >= 0.3 is 12.0 Å². The summed E-state index contributed by atoms with van der Waals surface area (Å²) in [6, 6.07) is -0.0141. The summed E-state index contributed by atoms with van der Waals surface area (Å²) in [7, 11) is -1.53. The maximum atomic E-state index is 11.3. The van der Waals surface area contributed by atoms with Gasteiger partial charge in [-0.3, -0.25) is 19.6 Å². The van der Waals surface area contributed by atoms with Crippen LogP contribution < -0.4 is 10.6 Å². The highest BCUT2D eigenvalue weighted by atomic mass is 33.1. The minimum atomic E-state index is -1.53. The molecular weight excluding hydrogens is 402 g/mol. The van der Waals surface area contributed by atoms with Crippen LogP contribution in [0.25, 0.3) is 0 Å². The van der Waals surface area contributed by atoms with Gasteiger partial charge in [-0.1, -0.05) is 13.6 Å². The van der Waals surface area contributed by atoms with Gasteiger partial charge in [-0.25, -0.2) is 4.79 Å². The summed E-state index contributed by atoms with van der Waals surface area (Å²) in [6.07, 6.45) is 2.74. The summed E-state index contributed by atoms with van der Waals surface area (Å²) in [5.41, 5.74) is 0. The standard InChI is InChI=1S/C10H16N2O3S3.C4H5NO3/c13-8(14)4-2-1-3-7-9-6(5-18(7,16)17)11-10(15)12-9;6-3-1-2-4(7)5(3)8/h6-7,9H,1-5H2,(H,13,14)(H2,11,12,15);8H,1-2H2/t6-,7-,9-;/m0./s1. The average Bonchev–Trinajstić information content (AvgIpc) is 3.10. The Morgan fingerprint density at radius 3 is 2.27 bits per heavy atom. The van der Waals surface area contributed by atoms with Gasteiger partial charge in [0, 0.05) is 30.3 Å². The van der Waals surface area contributed by atoms with Crippen molar-refractivity contribution in [2.75, 3.05) is 5.75 Å². The second-order valence-electron chi connectivity index (χ2n) is 6.36. The van der Waals surface area contributed by atoms with E-state index in [9.17, 15) is 19.2 Å². The number of carbonyl (C=O) groups excluding carboxylic acids is 3. The number of hydrogen-bond acceptors (Lipinski definition) is 7. The molecule has 146 valence electrons. The molecule has 4 amide bonds. The lowest BCUT2D eigenvalue weighted by molar-refractivity contribution is -0.171. The third-order valence-electron chi connectivity index (χ3n) is 4.48. The molecule has 0 aliphatic carbocycles. The Labute approximate surface area is 160 Å². The van der Waals surface area contributed by atoms with Crippen LogP contribution >= 0.6 is 0 Å². The second-order valence-corrected chi connectivity index (χ2v) is 12.8. The van der Waals surface area contributed by atoms with E-state index in [1.54, 1.807) is 0 Å². The molecule has 12 heteroatoms. The van der Waals surface area contributed by atoms with E-state index in [1.807, 2.05) is 0 Å². The van der Waals surface area contributed by atoms with E-state index in [0.717, 1.165) is 12.8 Å². The first-order valence-corrected chi connectivity index (χ1v) is 11.9. The molecular formula is C14H21N3O6S3. The second kappa shape index (κ2) is 8.55. The molecule has 0 spiro atoms. The van der Waals surface area contributed by atoms with Crippen molar-refractivity contribution in [1.82, 2.24) is 15.7 Å². The third-order valence-corrected chi connectivity index (χ3v) is 9.05. The molecule has 0 radical (unpaired) electrons. The maximum absolute atomic E-state index is 11.3. The molecule has 4 N–H and O–H groups in total. The lowest BCUT2D eigenvalue weighted by atomic mass is 10.0. The number of carboxylic acids is 1. The molecule has 3 atom stereocenters. The number of carbonyl (C=O) groups is 4. The molecule has 0 aromatic rings. The summed E-state index contributed by atoms with van der Waals surface area (Å²) >= 11 is 11.0. The summed E-state index contributed by atoms with van der Waals surface area (Å²) in [5.74, 6) is -1.07. The first-order chi connectivity index (χ1) is 12.1. The van der Waals surface area contributed by atoms with Crippen molar-refractivity contribution in [1.29, 1.82) is 0 Å². The zero-order valence-electron chi connectivity index (χ0n) is 13.9. The van der Waals surface area contributed by atoms with E-state index in [4.69, 9.17) is 32.7 Å². The van der Waals surface area contributed by atoms with Crippen LogP contribution in [-0.4, -0.2) is 62.3 Å². The highest BCUT2D eigenvalue weighted by molar-refractivity contribution is 8.56. The van der Waals surface area contributed by atoms with Gasteiger partial charge < -0.3 is 15.7 Å². The maximum Gasteiger partial charge on any atom is 0.315 e. The number of aliphatic carboxylic acids is 1. The number of hydrogen-bond donors (Lipinski definition) is 4. The molecule has 0 saturated carbocycles. The molecule has 3 saturated heterocycles. The monoisotopic (exact) mass is 423 g/mol. The zero-order valence-corrected chi connectivity index (χ0v) is 16.3. The Morgan fingerprint density at radius 2 is 1.77 bits per heavy atom. The molecule has 3 rings (SSSR count). The number of fused-ring (bicyclic) bond motifs is 1. The Hall–Kier alpha value is -1.37. The van der Waals surface area contributed by atoms with E-state index in [2.05, 4.69) is 10.6 Å². The van der Waals surface area contributed by atoms with Gasteiger partial charge in [0.25, 0.3) is 11.8 Å². The number of unbranched alkanes of at least 4 members (excludes halogenated alkanes) is 1. The number of carboxylic acid groups (broad SMARTS) is 1. The van der Waals surface area contributed by atoms with E-state index in [0.29, 0.717) is 12.2 Å². The summed E-state index contributed by atoms with van der Waals surface area (Å²) in [5, 5.41) is 23.1. The van der Waals surface area contributed by atoms with Gasteiger partial charge in [-0.2, -0.15) is 5.06 Å². The van der Waals surface area contributed by atoms with E-state index >= 15 is 0 Å². The molecule has 3 heterocycles. The number of rotatable bonds is 5. The fourth-order valence-electron chi connectivity index (χ4n) is 3.19. The fraction of sp³-hybridized carbons (Fsp3) is 0.714. The summed E-state index contributed by atoms with van der Waals surface area (Å²) < 4.78 is 0. The van der Waals surface area contributed by atoms with Crippen LogP contribution in [0.4, 0.5) is 4.79 Å². The number of hydroxylamine groups is 2. The van der Waals surface area contributed by atoms with Gasteiger partial charge in [0.2, 0.25) is 0 Å². The third kappa shape index (κ3) is 5.09. The van der Waals surface area contributed by atoms with Gasteiger partial charge in [-0.15, -0.1) is 0 Å². The first-order valence-electron chi connectivity index (χ1n) is 8.17. The quantitative estimate of drug-likeness (QED) is 0.204. The van der Waals surface area contributed by atoms with Crippen molar-refractivity contribution in [2.24, 2.45) is 0 Å². The first kappa shape index (κ1) is 20.9. The van der Waals surface area contributed by atoms with Crippen LogP contribution in [0.1, 0.15) is 38.5 Å². The molecule has 0 bridgehead atoms. The van der Waals surface area contributed by atoms with Crippen molar-refractivity contribution in [2.45, 2.75) is 55.9 Å². The smallest absolute Gasteiger partial charge is 0.315 e. The number of nitrogens with one attached hydrogen (secondary N) is 2. The molecule has 0 aromatic carbocycles. The Kier molecular flexibility index (Phi) is 6.88. The van der Waals surface area contributed by atoms with Crippen LogP contribution in [-0.2, 0) is 43.9 Å². The lowest BCUT2D eigenvalue weighted by Crippen LogP contribution is -2.38. The SMILES string of the molecule is O=C(O)CCCC[C@H]1[C@H]2NC(=O)N[C@H]2CS1(=S)=S.O=C1CCC(=O)N1O. The summed E-state index contributed by atoms with van der Waals surface area (Å²) in [6.45, 7) is 0. The molecule has 3 aliphatic heterocycles. The van der Waals surface area contributed by atoms with Crippen LogP contribution in [0, 0.1) is 0 Å². The van der Waals surface area contributed by atoms with Crippen molar-refractivity contribution in [3.63, 3.8) is 0 Å². The zero-order chi connectivity index (χ0) is 19.5. The van der Waals surface area contributed by atoms with Crippen molar-refractivity contribution < 1.29 is 29.5 Å². The minimum absolute atomic E-state index is 0.0485. The molecule has 3 fully saturated rings. The number of imide groups is 1. The average molecular weight is 424 g/mol. The normalized spacial score (nSPS) is 28.9. The van der Waals surface area contributed by atoms with E-state index in [1.165, 1.54) is 0 Å². The minimum Gasteiger partial charge on any atom is -0.481 e. The van der Waals surface area contributed by atoms with E-state index < -0.39 is 24.9 Å². The predicted molar refractivity (Wildman–Crippen MR) is 99.0 cm³/mol. The number of nitrogens with zero attached hydrogens (tertiary/aromatic N) is 1. The number of urea groups is 1. The highest BCUT2D eigenvalue weighted by Crippen LogP contribution is 2.29. The highest BCUT2D eigenvalue weighted by Gasteiger charge is 2.47. The van der Waals surface area contributed by atoms with Crippen molar-refractivity contribution in [3.05, 3.63) is 0 Å². The fourth-order valence-corrected chi connectivity index (χ4v) is 7.64. The Morgan fingerprint density at radius 1 is 1.15 bits per heavy atom. The van der Waals surface area contributed by atoms with Crippen molar-refractivity contribution in [3.8, 4) is 0 Å². The summed E-state index contributed by atoms with van der Waals surface area (Å²) in [4.78, 5) is 42.2. The van der Waals surface area contributed by atoms with Crippen LogP contribution in [0.5, 0.6) is 0 Å². The molecule has 26 heavy (non-hydrogen) atoms. The number of amides is 4. The van der Waals surface area contributed by atoms with Gasteiger partial charge in [0.15, 0.2) is 0 Å². The molecule has 3 aliphatic rings. The van der Waals surface area contributed by atoms with Gasteiger partial charge in [-0.05, 0) is 35.2 Å². The van der Waals surface area contributed by atoms with Gasteiger partial charge in [0.05, 0.1) is 12.1 Å². The van der Waals surface area contributed by atoms with Crippen molar-refractivity contribution >= 4 is 53.3 Å². The molecule has 0 unspecified atom stereocenters. The topological polar surface area (TPSA) is 136 Å². The van der Waals surface area contributed by atoms with Gasteiger partial charge in [0.1, 0.15) is 0 Å². The Bertz CT molecular complexity index is 695. The Balaban J connectivity index is 0.000000254. The van der Waals surface area contributed by atoms with Crippen LogP contribution in [0.15, 0.2) is 0 Å². The largest absolute Gasteiger partial charge is 0.481 e. The van der Waals surface area contributed by atoms with Crippen LogP contribution in [0.3, 0.4) is 0 Å². The van der Waals surface area contributed by atoms with E-state index in [-0.39, 0.29) is 47.7 Å². The molecule has 9 nitrogen and oxygen atoms in total. The molecule has 0 aromatic heterocycles.